The quantitative estimate of drug-likeness (QED) is 0.796. The zero-order chi connectivity index (χ0) is 11.7. The summed E-state index contributed by atoms with van der Waals surface area (Å²) >= 11 is 0. The van der Waals surface area contributed by atoms with Gasteiger partial charge in [-0.05, 0) is 25.0 Å². The second-order valence-corrected chi connectivity index (χ2v) is 4.39. The maximum Gasteiger partial charge on any atom is 0.179 e. The summed E-state index contributed by atoms with van der Waals surface area (Å²) in [6, 6.07) is 3.90. The van der Waals surface area contributed by atoms with Gasteiger partial charge in [0, 0.05) is 24.9 Å². The van der Waals surface area contributed by atoms with Crippen LogP contribution in [0.4, 0.5) is 0 Å². The average Bonchev–Trinajstić information content (AvgIpc) is 2.83. The second kappa shape index (κ2) is 4.37. The number of hydrogen-bond donors (Lipinski definition) is 0. The molecule has 0 N–H and O–H groups in total. The Hall–Kier alpha value is -1.55. The van der Waals surface area contributed by atoms with Gasteiger partial charge in [0.2, 0.25) is 0 Å². The van der Waals surface area contributed by atoms with Gasteiger partial charge in [0.1, 0.15) is 0 Å². The first-order chi connectivity index (χ1) is 8.38. The number of pyridine rings is 1. The molecule has 3 heterocycles. The first kappa shape index (κ1) is 10.6. The van der Waals surface area contributed by atoms with E-state index in [0.717, 1.165) is 43.1 Å². The van der Waals surface area contributed by atoms with Gasteiger partial charge in [-0.15, -0.1) is 0 Å². The maximum absolute atomic E-state index is 5.51. The molecule has 1 saturated heterocycles. The Labute approximate surface area is 100 Å². The highest BCUT2D eigenvalue weighted by atomic mass is 16.5. The molecule has 17 heavy (non-hydrogen) atoms. The van der Waals surface area contributed by atoms with Crippen molar-refractivity contribution in [3.63, 3.8) is 0 Å². The number of methoxy groups -OCH3 is 1. The van der Waals surface area contributed by atoms with Crippen LogP contribution < -0.4 is 4.74 Å². The Bertz CT molecular complexity index is 515. The predicted molar refractivity (Wildman–Crippen MR) is 64.5 cm³/mol. The first-order valence-electron chi connectivity index (χ1n) is 5.98. The number of fused-ring (bicyclic) bond motifs is 1. The Morgan fingerprint density at radius 3 is 3.24 bits per heavy atom. The first-order valence-corrected chi connectivity index (χ1v) is 5.98. The molecule has 4 heteroatoms. The molecule has 0 spiro atoms. The largest absolute Gasteiger partial charge is 0.493 e. The van der Waals surface area contributed by atoms with E-state index in [1.54, 1.807) is 7.11 Å². The molecule has 0 radical (unpaired) electrons. The van der Waals surface area contributed by atoms with Crippen molar-refractivity contribution in [2.24, 2.45) is 0 Å². The smallest absolute Gasteiger partial charge is 0.179 e. The van der Waals surface area contributed by atoms with Crippen LogP contribution in [0.5, 0.6) is 5.75 Å². The molecule has 4 nitrogen and oxygen atoms in total. The SMILES string of the molecule is COc1cccn2cc(C3CCCOC3)nc12. The Balaban J connectivity index is 2.00. The Kier molecular flexibility index (Phi) is 2.73. The van der Waals surface area contributed by atoms with Crippen molar-refractivity contribution in [3.05, 3.63) is 30.2 Å². The van der Waals surface area contributed by atoms with Crippen molar-refractivity contribution >= 4 is 5.65 Å². The van der Waals surface area contributed by atoms with Crippen LogP contribution in [0.25, 0.3) is 5.65 Å². The van der Waals surface area contributed by atoms with Gasteiger partial charge in [0.05, 0.1) is 19.4 Å². The molecule has 0 bridgehead atoms. The number of nitrogens with zero attached hydrogens (tertiary/aromatic N) is 2. The van der Waals surface area contributed by atoms with Crippen LogP contribution in [0.15, 0.2) is 24.5 Å². The molecule has 1 aliphatic heterocycles. The van der Waals surface area contributed by atoms with Crippen LogP contribution >= 0.6 is 0 Å². The van der Waals surface area contributed by atoms with Gasteiger partial charge >= 0.3 is 0 Å². The lowest BCUT2D eigenvalue weighted by molar-refractivity contribution is 0.0794. The van der Waals surface area contributed by atoms with E-state index in [4.69, 9.17) is 9.47 Å². The monoisotopic (exact) mass is 232 g/mol. The van der Waals surface area contributed by atoms with E-state index in [1.807, 2.05) is 22.7 Å². The molecule has 3 rings (SSSR count). The van der Waals surface area contributed by atoms with Gasteiger partial charge in [-0.25, -0.2) is 4.98 Å². The lowest BCUT2D eigenvalue weighted by Crippen LogP contribution is -2.15. The maximum atomic E-state index is 5.51. The van der Waals surface area contributed by atoms with Crippen LogP contribution in [0, 0.1) is 0 Å². The summed E-state index contributed by atoms with van der Waals surface area (Å²) in [6.07, 6.45) is 6.36. The van der Waals surface area contributed by atoms with Gasteiger partial charge < -0.3 is 13.9 Å². The van der Waals surface area contributed by atoms with Crippen LogP contribution in [0.2, 0.25) is 0 Å². The predicted octanol–water partition coefficient (Wildman–Crippen LogP) is 2.24. The fourth-order valence-electron chi connectivity index (χ4n) is 2.34. The Morgan fingerprint density at radius 2 is 2.47 bits per heavy atom. The molecule has 90 valence electrons. The molecule has 1 aliphatic rings. The van der Waals surface area contributed by atoms with E-state index in [-0.39, 0.29) is 0 Å². The number of ether oxygens (including phenoxy) is 2. The van der Waals surface area contributed by atoms with E-state index < -0.39 is 0 Å². The van der Waals surface area contributed by atoms with Crippen molar-refractivity contribution < 1.29 is 9.47 Å². The average molecular weight is 232 g/mol. The van der Waals surface area contributed by atoms with E-state index in [9.17, 15) is 0 Å². The summed E-state index contributed by atoms with van der Waals surface area (Å²) in [4.78, 5) is 4.67. The molecule has 0 aliphatic carbocycles. The molecule has 0 saturated carbocycles. The van der Waals surface area contributed by atoms with Gasteiger partial charge in [-0.3, -0.25) is 0 Å². The van der Waals surface area contributed by atoms with Gasteiger partial charge in [0.25, 0.3) is 0 Å². The third-order valence-electron chi connectivity index (χ3n) is 3.26. The minimum atomic E-state index is 0.424. The second-order valence-electron chi connectivity index (χ2n) is 4.39. The molecular weight excluding hydrogens is 216 g/mol. The third-order valence-corrected chi connectivity index (χ3v) is 3.26. The third kappa shape index (κ3) is 1.89. The zero-order valence-electron chi connectivity index (χ0n) is 9.93. The van der Waals surface area contributed by atoms with Crippen LogP contribution in [0.1, 0.15) is 24.5 Å². The lowest BCUT2D eigenvalue weighted by Gasteiger charge is -2.19. The molecule has 2 aromatic rings. The highest BCUT2D eigenvalue weighted by Gasteiger charge is 2.19. The minimum absolute atomic E-state index is 0.424. The number of hydrogen-bond acceptors (Lipinski definition) is 3. The number of aromatic nitrogens is 2. The molecule has 1 unspecified atom stereocenters. The standard InChI is InChI=1S/C13H16N2O2/c1-16-12-5-2-6-15-8-11(14-13(12)15)10-4-3-7-17-9-10/h2,5-6,8,10H,3-4,7,9H2,1H3. The molecule has 2 aromatic heterocycles. The summed E-state index contributed by atoms with van der Waals surface area (Å²) in [5.41, 5.74) is 1.99. The van der Waals surface area contributed by atoms with Crippen LogP contribution in [-0.2, 0) is 4.74 Å². The molecular formula is C13H16N2O2. The van der Waals surface area contributed by atoms with Gasteiger partial charge in [0.15, 0.2) is 11.4 Å². The van der Waals surface area contributed by atoms with Crippen LogP contribution in [-0.4, -0.2) is 29.7 Å². The fraction of sp³-hybridized carbons (Fsp3) is 0.462. The molecule has 1 fully saturated rings. The van der Waals surface area contributed by atoms with Crippen LogP contribution in [0.3, 0.4) is 0 Å². The normalized spacial score (nSPS) is 20.6. The van der Waals surface area contributed by atoms with Crippen molar-refractivity contribution in [2.75, 3.05) is 20.3 Å². The number of imidazole rings is 1. The van der Waals surface area contributed by atoms with Crippen molar-refractivity contribution in [1.29, 1.82) is 0 Å². The summed E-state index contributed by atoms with van der Waals surface area (Å²) in [7, 11) is 1.67. The van der Waals surface area contributed by atoms with Crippen molar-refractivity contribution in [3.8, 4) is 5.75 Å². The molecule has 0 aromatic carbocycles. The van der Waals surface area contributed by atoms with E-state index >= 15 is 0 Å². The van der Waals surface area contributed by atoms with E-state index in [0.29, 0.717) is 5.92 Å². The van der Waals surface area contributed by atoms with Gasteiger partial charge in [-0.2, -0.15) is 0 Å². The minimum Gasteiger partial charge on any atom is -0.493 e. The Morgan fingerprint density at radius 1 is 1.53 bits per heavy atom. The summed E-state index contributed by atoms with van der Waals surface area (Å²) in [5.74, 6) is 1.24. The molecule has 1 atom stereocenters. The fourth-order valence-corrected chi connectivity index (χ4v) is 2.34. The summed E-state index contributed by atoms with van der Waals surface area (Å²) in [5, 5.41) is 0. The van der Waals surface area contributed by atoms with Crippen molar-refractivity contribution in [2.45, 2.75) is 18.8 Å². The van der Waals surface area contributed by atoms with E-state index in [2.05, 4.69) is 11.2 Å². The number of rotatable bonds is 2. The topological polar surface area (TPSA) is 35.8 Å². The molecule has 0 amide bonds. The van der Waals surface area contributed by atoms with E-state index in [1.165, 1.54) is 0 Å². The summed E-state index contributed by atoms with van der Waals surface area (Å²) in [6.45, 7) is 1.67. The zero-order valence-corrected chi connectivity index (χ0v) is 9.93. The highest BCUT2D eigenvalue weighted by molar-refractivity contribution is 5.54. The summed E-state index contributed by atoms with van der Waals surface area (Å²) < 4.78 is 12.8. The van der Waals surface area contributed by atoms with Crippen molar-refractivity contribution in [1.82, 2.24) is 9.38 Å². The lowest BCUT2D eigenvalue weighted by atomic mass is 9.99. The van der Waals surface area contributed by atoms with Gasteiger partial charge in [-0.1, -0.05) is 0 Å². The highest BCUT2D eigenvalue weighted by Crippen LogP contribution is 2.27.